The maximum atomic E-state index is 4.61. The predicted molar refractivity (Wildman–Crippen MR) is 165 cm³/mol. The van der Waals surface area contributed by atoms with E-state index < -0.39 is 0 Å². The highest BCUT2D eigenvalue weighted by atomic mass is 15.4. The molecule has 0 spiro atoms. The number of fused-ring (bicyclic) bond motifs is 2. The summed E-state index contributed by atoms with van der Waals surface area (Å²) in [6, 6.07) is 17.5. The van der Waals surface area contributed by atoms with Crippen LogP contribution < -0.4 is 21.5 Å². The third-order valence-corrected chi connectivity index (χ3v) is 5.37. The summed E-state index contributed by atoms with van der Waals surface area (Å²) in [4.78, 5) is 9.22. The minimum absolute atomic E-state index is 0.148. The summed E-state index contributed by atoms with van der Waals surface area (Å²) in [5.74, 6) is 1.31. The molecule has 0 bridgehead atoms. The van der Waals surface area contributed by atoms with Crippen LogP contribution in [0.3, 0.4) is 0 Å². The minimum Gasteiger partial charge on any atom is -0.353 e. The second-order valence-electron chi connectivity index (χ2n) is 10.4. The Balaban J connectivity index is 2.05. The fraction of sp³-hybridized carbons (Fsp3) is 0.400. The first kappa shape index (κ1) is 28.6. The summed E-state index contributed by atoms with van der Waals surface area (Å²) in [6.45, 7) is 16.5. The van der Waals surface area contributed by atoms with Crippen molar-refractivity contribution in [2.24, 2.45) is 20.2 Å². The lowest BCUT2D eigenvalue weighted by molar-refractivity contribution is 0.691. The van der Waals surface area contributed by atoms with E-state index in [1.807, 2.05) is 64.4 Å². The zero-order chi connectivity index (χ0) is 27.7. The van der Waals surface area contributed by atoms with Gasteiger partial charge in [0, 0.05) is 35.3 Å². The van der Waals surface area contributed by atoms with Gasteiger partial charge in [-0.2, -0.15) is 10.2 Å². The molecule has 3 aromatic rings. The van der Waals surface area contributed by atoms with E-state index in [0.717, 1.165) is 32.7 Å². The van der Waals surface area contributed by atoms with Gasteiger partial charge in [0.2, 0.25) is 11.9 Å². The smallest absolute Gasteiger partial charge is 0.212 e. The molecule has 38 heavy (non-hydrogen) atoms. The quantitative estimate of drug-likeness (QED) is 0.141. The molecule has 0 amide bonds. The molecule has 0 aliphatic carbocycles. The van der Waals surface area contributed by atoms with Crippen LogP contribution in [0.2, 0.25) is 0 Å². The third-order valence-electron chi connectivity index (χ3n) is 5.37. The number of aliphatic imine (C=N–C) groups is 2. The molecule has 0 radical (unpaired) electrons. The largest absolute Gasteiger partial charge is 0.353 e. The molecule has 0 fully saturated rings. The normalized spacial score (nSPS) is 13.3. The predicted octanol–water partition coefficient (Wildman–Crippen LogP) is 5.36. The zero-order valence-electron chi connectivity index (χ0n) is 23.9. The second-order valence-corrected chi connectivity index (χ2v) is 10.4. The monoisotopic (exact) mass is 514 g/mol. The SMILES string of the molecule is CC(C)N=C(N/N=C/c1c2ccccc2c(/C=N/NC(=NC(C)C)NC(C)C)c2ccccc12)NC(C)C. The molecule has 0 unspecified atom stereocenters. The van der Waals surface area contributed by atoms with Gasteiger partial charge in [-0.15, -0.1) is 0 Å². The van der Waals surface area contributed by atoms with Gasteiger partial charge in [-0.05, 0) is 76.9 Å². The molecule has 8 nitrogen and oxygen atoms in total. The molecule has 3 rings (SSSR count). The standard InChI is InChI=1S/C30H42N8/c1-19(2)33-29(34-20(3)4)37-31-17-27-23-13-9-11-15-25(23)28(26-16-12-10-14-24(26)27)18-32-38-30(35-21(5)6)36-22(7)8/h9-22H,1-8H3,(H2,33,34,37)(H2,35,36,38)/b31-17+,32-18+. The van der Waals surface area contributed by atoms with Crippen molar-refractivity contribution in [3.63, 3.8) is 0 Å². The fourth-order valence-corrected chi connectivity index (χ4v) is 4.05. The van der Waals surface area contributed by atoms with Crippen molar-refractivity contribution in [3.05, 3.63) is 59.7 Å². The lowest BCUT2D eigenvalue weighted by Crippen LogP contribution is -2.39. The van der Waals surface area contributed by atoms with E-state index in [1.165, 1.54) is 0 Å². The highest BCUT2D eigenvalue weighted by Crippen LogP contribution is 2.31. The maximum Gasteiger partial charge on any atom is 0.212 e. The Labute approximate surface area is 226 Å². The summed E-state index contributed by atoms with van der Waals surface area (Å²) in [5, 5.41) is 20.2. The van der Waals surface area contributed by atoms with E-state index in [9.17, 15) is 0 Å². The van der Waals surface area contributed by atoms with E-state index >= 15 is 0 Å². The number of nitrogens with zero attached hydrogens (tertiary/aromatic N) is 4. The molecule has 202 valence electrons. The van der Waals surface area contributed by atoms with Gasteiger partial charge in [-0.1, -0.05) is 48.5 Å². The van der Waals surface area contributed by atoms with Crippen LogP contribution in [0.1, 0.15) is 66.5 Å². The maximum absolute atomic E-state index is 4.61. The molecule has 0 aromatic heterocycles. The van der Waals surface area contributed by atoms with Crippen LogP contribution in [0.25, 0.3) is 21.5 Å². The summed E-state index contributed by atoms with van der Waals surface area (Å²) in [6.07, 6.45) is 3.75. The molecule has 0 aliphatic rings. The number of benzene rings is 3. The van der Waals surface area contributed by atoms with Gasteiger partial charge >= 0.3 is 0 Å². The molecule has 0 atom stereocenters. The third kappa shape index (κ3) is 8.03. The highest BCUT2D eigenvalue weighted by Gasteiger charge is 2.12. The number of rotatable bonds is 8. The zero-order valence-corrected chi connectivity index (χ0v) is 23.9. The molecule has 0 saturated carbocycles. The van der Waals surface area contributed by atoms with E-state index in [2.05, 4.69) is 93.6 Å². The van der Waals surface area contributed by atoms with E-state index in [-0.39, 0.29) is 24.2 Å². The van der Waals surface area contributed by atoms with Crippen LogP contribution in [0.5, 0.6) is 0 Å². The van der Waals surface area contributed by atoms with Crippen LogP contribution in [-0.2, 0) is 0 Å². The second kappa shape index (κ2) is 13.6. The van der Waals surface area contributed by atoms with Gasteiger partial charge in [0.15, 0.2) is 0 Å². The van der Waals surface area contributed by atoms with Gasteiger partial charge in [0.1, 0.15) is 0 Å². The van der Waals surface area contributed by atoms with Gasteiger partial charge in [-0.25, -0.2) is 20.8 Å². The Morgan fingerprint density at radius 2 is 0.868 bits per heavy atom. The van der Waals surface area contributed by atoms with E-state index in [1.54, 1.807) is 0 Å². The lowest BCUT2D eigenvalue weighted by Gasteiger charge is -2.15. The summed E-state index contributed by atoms with van der Waals surface area (Å²) in [7, 11) is 0. The molecule has 4 N–H and O–H groups in total. The van der Waals surface area contributed by atoms with Crippen molar-refractivity contribution < 1.29 is 0 Å². The molecule has 0 saturated heterocycles. The van der Waals surface area contributed by atoms with Crippen molar-refractivity contribution in [2.75, 3.05) is 0 Å². The Bertz CT molecular complexity index is 1170. The van der Waals surface area contributed by atoms with Crippen LogP contribution >= 0.6 is 0 Å². The van der Waals surface area contributed by atoms with Crippen LogP contribution in [0.15, 0.2) is 68.7 Å². The minimum atomic E-state index is 0.148. The van der Waals surface area contributed by atoms with Crippen LogP contribution in [0.4, 0.5) is 0 Å². The Morgan fingerprint density at radius 3 is 1.13 bits per heavy atom. The fourth-order valence-electron chi connectivity index (χ4n) is 4.05. The summed E-state index contributed by atoms with van der Waals surface area (Å²) >= 11 is 0. The van der Waals surface area contributed by atoms with E-state index in [4.69, 9.17) is 0 Å². The molecular weight excluding hydrogens is 472 g/mol. The van der Waals surface area contributed by atoms with Crippen molar-refractivity contribution in [3.8, 4) is 0 Å². The number of hydrogen-bond donors (Lipinski definition) is 4. The highest BCUT2D eigenvalue weighted by molar-refractivity contribution is 6.21. The first-order valence-corrected chi connectivity index (χ1v) is 13.4. The average molecular weight is 515 g/mol. The molecule has 0 heterocycles. The first-order chi connectivity index (χ1) is 18.2. The lowest BCUT2D eigenvalue weighted by atomic mass is 9.92. The number of hydrogen-bond acceptors (Lipinski definition) is 4. The van der Waals surface area contributed by atoms with Gasteiger partial charge in [0.25, 0.3) is 0 Å². The molecule has 3 aromatic carbocycles. The van der Waals surface area contributed by atoms with Crippen LogP contribution in [0, 0.1) is 0 Å². The van der Waals surface area contributed by atoms with Crippen molar-refractivity contribution in [1.29, 1.82) is 0 Å². The molecule has 8 heteroatoms. The average Bonchev–Trinajstić information content (AvgIpc) is 2.83. The van der Waals surface area contributed by atoms with Crippen molar-refractivity contribution in [2.45, 2.75) is 79.6 Å². The van der Waals surface area contributed by atoms with E-state index in [0.29, 0.717) is 11.9 Å². The number of guanidine groups is 2. The Kier molecular flexibility index (Phi) is 10.2. The molecular formula is C30H42N8. The summed E-state index contributed by atoms with van der Waals surface area (Å²) in [5.41, 5.74) is 8.28. The number of nitrogens with one attached hydrogen (secondary N) is 4. The Morgan fingerprint density at radius 1 is 0.553 bits per heavy atom. The van der Waals surface area contributed by atoms with Crippen molar-refractivity contribution in [1.82, 2.24) is 21.5 Å². The summed E-state index contributed by atoms with van der Waals surface area (Å²) < 4.78 is 0. The van der Waals surface area contributed by atoms with Crippen LogP contribution in [-0.4, -0.2) is 48.5 Å². The Hall–Kier alpha value is -3.94. The van der Waals surface area contributed by atoms with Gasteiger partial charge in [0.05, 0.1) is 12.4 Å². The first-order valence-electron chi connectivity index (χ1n) is 13.4. The van der Waals surface area contributed by atoms with Gasteiger partial charge in [-0.3, -0.25) is 0 Å². The van der Waals surface area contributed by atoms with Crippen molar-refractivity contribution >= 4 is 45.9 Å². The number of hydrazone groups is 2. The van der Waals surface area contributed by atoms with Gasteiger partial charge < -0.3 is 10.6 Å². The topological polar surface area (TPSA) is 97.6 Å². The molecule has 0 aliphatic heterocycles.